The normalized spacial score (nSPS) is 10.5. The molecule has 0 saturated heterocycles. The van der Waals surface area contributed by atoms with Crippen LogP contribution >= 0.6 is 11.6 Å². The van der Waals surface area contributed by atoms with E-state index in [0.29, 0.717) is 16.4 Å². The second-order valence-corrected chi connectivity index (χ2v) is 5.70. The molecule has 1 aromatic heterocycles. The largest absolute Gasteiger partial charge is 0.319 e. The van der Waals surface area contributed by atoms with Gasteiger partial charge in [0.2, 0.25) is 5.43 Å². The number of benzene rings is 2. The molecule has 0 atom stereocenters. The minimum absolute atomic E-state index is 0.145. The first kappa shape index (κ1) is 16.9. The molecule has 1 amide bonds. The van der Waals surface area contributed by atoms with Crippen LogP contribution in [0.1, 0.15) is 16.2 Å². The smallest absolute Gasteiger partial charge is 0.280 e. The summed E-state index contributed by atoms with van der Waals surface area (Å²) in [5, 5.41) is 6.91. The first-order valence-electron chi connectivity index (χ1n) is 7.39. The lowest BCUT2D eigenvalue weighted by Gasteiger charge is -2.12. The Morgan fingerprint density at radius 1 is 1.16 bits per heavy atom. The second-order valence-electron chi connectivity index (χ2n) is 5.30. The summed E-state index contributed by atoms with van der Waals surface area (Å²) in [6.45, 7) is 1.61. The van der Waals surface area contributed by atoms with Crippen LogP contribution in [0.15, 0.2) is 59.4 Å². The Bertz CT molecular complexity index is 1020. The average Bonchev–Trinajstić information content (AvgIpc) is 2.58. The summed E-state index contributed by atoms with van der Waals surface area (Å²) in [7, 11) is 0. The fourth-order valence-electron chi connectivity index (χ4n) is 2.32. The highest BCUT2D eigenvalue weighted by atomic mass is 35.5. The molecule has 0 saturated carbocycles. The van der Waals surface area contributed by atoms with Crippen molar-refractivity contribution in [3.63, 3.8) is 0 Å². The van der Waals surface area contributed by atoms with Crippen LogP contribution in [0, 0.1) is 12.7 Å². The summed E-state index contributed by atoms with van der Waals surface area (Å²) >= 11 is 6.00. The van der Waals surface area contributed by atoms with Gasteiger partial charge in [0.05, 0.1) is 10.7 Å². The number of hydrogen-bond donors (Lipinski definition) is 1. The van der Waals surface area contributed by atoms with Gasteiger partial charge in [0.1, 0.15) is 11.5 Å². The van der Waals surface area contributed by atoms with E-state index in [1.807, 2.05) is 0 Å². The topological polar surface area (TPSA) is 64.0 Å². The van der Waals surface area contributed by atoms with Crippen LogP contribution in [0.2, 0.25) is 5.02 Å². The fraction of sp³-hybridized carbons (Fsp3) is 0.0556. The summed E-state index contributed by atoms with van der Waals surface area (Å²) in [6, 6.07) is 13.8. The lowest BCUT2D eigenvalue weighted by atomic mass is 10.2. The Morgan fingerprint density at radius 3 is 2.56 bits per heavy atom. The van der Waals surface area contributed by atoms with E-state index in [-0.39, 0.29) is 11.4 Å². The van der Waals surface area contributed by atoms with Gasteiger partial charge in [-0.2, -0.15) is 5.10 Å². The van der Waals surface area contributed by atoms with E-state index in [9.17, 15) is 14.0 Å². The van der Waals surface area contributed by atoms with Gasteiger partial charge in [-0.15, -0.1) is 0 Å². The molecule has 0 bridgehead atoms. The summed E-state index contributed by atoms with van der Waals surface area (Å²) in [5.41, 5.74) is -0.00649. The van der Waals surface area contributed by atoms with Gasteiger partial charge in [0.15, 0.2) is 5.69 Å². The number of aromatic nitrogens is 2. The number of nitrogens with one attached hydrogen (secondary N) is 1. The lowest BCUT2D eigenvalue weighted by molar-refractivity contribution is 0.101. The summed E-state index contributed by atoms with van der Waals surface area (Å²) < 4.78 is 15.3. The first-order valence-corrected chi connectivity index (χ1v) is 7.77. The van der Waals surface area contributed by atoms with Gasteiger partial charge in [-0.25, -0.2) is 9.07 Å². The van der Waals surface area contributed by atoms with Crippen LogP contribution in [-0.2, 0) is 0 Å². The molecule has 126 valence electrons. The van der Waals surface area contributed by atoms with E-state index >= 15 is 0 Å². The van der Waals surface area contributed by atoms with Crippen molar-refractivity contribution in [2.75, 3.05) is 5.32 Å². The van der Waals surface area contributed by atoms with Gasteiger partial charge < -0.3 is 5.32 Å². The number of carbonyl (C=O) groups is 1. The van der Waals surface area contributed by atoms with Crippen LogP contribution < -0.4 is 10.7 Å². The third-order valence-electron chi connectivity index (χ3n) is 3.53. The Hall–Kier alpha value is -2.99. The van der Waals surface area contributed by atoms with Crippen LogP contribution in [-0.4, -0.2) is 15.7 Å². The van der Waals surface area contributed by atoms with Crippen LogP contribution in [0.3, 0.4) is 0 Å². The van der Waals surface area contributed by atoms with Crippen molar-refractivity contribution in [3.05, 3.63) is 87.0 Å². The van der Waals surface area contributed by atoms with Gasteiger partial charge in [-0.05, 0) is 31.2 Å². The van der Waals surface area contributed by atoms with Crippen molar-refractivity contribution in [2.45, 2.75) is 6.92 Å². The van der Waals surface area contributed by atoms with Gasteiger partial charge in [0.25, 0.3) is 5.91 Å². The maximum atomic E-state index is 14.0. The number of aryl methyl sites for hydroxylation is 1. The van der Waals surface area contributed by atoms with E-state index in [1.165, 1.54) is 22.9 Å². The van der Waals surface area contributed by atoms with E-state index < -0.39 is 17.2 Å². The number of para-hydroxylation sites is 2. The van der Waals surface area contributed by atoms with E-state index in [4.69, 9.17) is 11.6 Å². The van der Waals surface area contributed by atoms with Crippen LogP contribution in [0.25, 0.3) is 5.69 Å². The SMILES string of the molecule is Cc1cc(=O)c(C(=O)Nc2ccccc2Cl)nn1-c1ccccc1F. The van der Waals surface area contributed by atoms with Gasteiger partial charge >= 0.3 is 0 Å². The third kappa shape index (κ3) is 3.44. The minimum atomic E-state index is -0.719. The maximum absolute atomic E-state index is 14.0. The van der Waals surface area contributed by atoms with Gasteiger partial charge in [-0.3, -0.25) is 9.59 Å². The Balaban J connectivity index is 2.04. The van der Waals surface area contributed by atoms with Crippen molar-refractivity contribution in [3.8, 4) is 5.69 Å². The standard InChI is InChI=1S/C18H13ClFN3O2/c1-11-10-16(24)17(18(25)21-14-8-4-2-6-12(14)19)22-23(11)15-9-5-3-7-13(15)20/h2-10H,1H3,(H,21,25). The quantitative estimate of drug-likeness (QED) is 0.779. The molecular formula is C18H13ClFN3O2. The Morgan fingerprint density at radius 2 is 1.84 bits per heavy atom. The molecule has 3 rings (SSSR count). The molecule has 5 nitrogen and oxygen atoms in total. The number of halogens is 2. The van der Waals surface area contributed by atoms with Crippen LogP contribution in [0.5, 0.6) is 0 Å². The molecule has 0 aliphatic rings. The molecule has 3 aromatic rings. The fourth-order valence-corrected chi connectivity index (χ4v) is 2.50. The Kier molecular flexibility index (Phi) is 4.63. The zero-order valence-corrected chi connectivity index (χ0v) is 13.9. The number of nitrogens with zero attached hydrogens (tertiary/aromatic N) is 2. The number of anilines is 1. The Labute approximate surface area is 147 Å². The molecule has 7 heteroatoms. The van der Waals surface area contributed by atoms with Crippen molar-refractivity contribution < 1.29 is 9.18 Å². The summed E-state index contributed by atoms with van der Waals surface area (Å²) in [5.74, 6) is -1.23. The molecule has 0 fully saturated rings. The number of rotatable bonds is 3. The second kappa shape index (κ2) is 6.86. The van der Waals surface area contributed by atoms with Crippen molar-refractivity contribution in [1.29, 1.82) is 0 Å². The molecule has 0 radical (unpaired) electrons. The van der Waals surface area contributed by atoms with Gasteiger partial charge in [0, 0.05) is 11.8 Å². The highest BCUT2D eigenvalue weighted by molar-refractivity contribution is 6.33. The lowest BCUT2D eigenvalue weighted by Crippen LogP contribution is -2.27. The first-order chi connectivity index (χ1) is 12.0. The van der Waals surface area contributed by atoms with Crippen molar-refractivity contribution in [2.24, 2.45) is 0 Å². The predicted molar refractivity (Wildman–Crippen MR) is 93.9 cm³/mol. The van der Waals surface area contributed by atoms with Gasteiger partial charge in [-0.1, -0.05) is 35.9 Å². The zero-order chi connectivity index (χ0) is 18.0. The molecule has 0 spiro atoms. The molecule has 0 unspecified atom stereocenters. The minimum Gasteiger partial charge on any atom is -0.319 e. The summed E-state index contributed by atoms with van der Waals surface area (Å²) in [6.07, 6.45) is 0. The molecule has 1 heterocycles. The predicted octanol–water partition coefficient (Wildman–Crippen LogP) is 3.59. The number of carbonyl (C=O) groups excluding carboxylic acids is 1. The third-order valence-corrected chi connectivity index (χ3v) is 3.85. The highest BCUT2D eigenvalue weighted by Crippen LogP contribution is 2.21. The molecule has 0 aliphatic heterocycles. The number of amides is 1. The van der Waals surface area contributed by atoms with E-state index in [1.54, 1.807) is 43.3 Å². The molecular weight excluding hydrogens is 345 g/mol. The highest BCUT2D eigenvalue weighted by Gasteiger charge is 2.17. The molecule has 2 aromatic carbocycles. The summed E-state index contributed by atoms with van der Waals surface area (Å²) in [4.78, 5) is 24.6. The molecule has 25 heavy (non-hydrogen) atoms. The number of hydrogen-bond acceptors (Lipinski definition) is 3. The molecule has 1 N–H and O–H groups in total. The van der Waals surface area contributed by atoms with Crippen molar-refractivity contribution in [1.82, 2.24) is 9.78 Å². The van der Waals surface area contributed by atoms with E-state index in [0.717, 1.165) is 0 Å². The van der Waals surface area contributed by atoms with Crippen LogP contribution in [0.4, 0.5) is 10.1 Å². The monoisotopic (exact) mass is 357 g/mol. The van der Waals surface area contributed by atoms with Crippen molar-refractivity contribution >= 4 is 23.2 Å². The maximum Gasteiger partial charge on any atom is 0.280 e. The molecule has 0 aliphatic carbocycles. The average molecular weight is 358 g/mol. The van der Waals surface area contributed by atoms with E-state index in [2.05, 4.69) is 10.4 Å². The zero-order valence-electron chi connectivity index (χ0n) is 13.2.